The first-order valence-corrected chi connectivity index (χ1v) is 10.0. The minimum absolute atomic E-state index is 0.212. The largest absolute Gasteiger partial charge is 0.497 e. The van der Waals surface area contributed by atoms with Crippen LogP contribution in [0.4, 0.5) is 0 Å². The minimum atomic E-state index is -3.17. The lowest BCUT2D eigenvalue weighted by Gasteiger charge is -2.11. The quantitative estimate of drug-likeness (QED) is 0.554. The number of rotatable bonds is 7. The van der Waals surface area contributed by atoms with Gasteiger partial charge in [-0.25, -0.2) is 13.7 Å². The number of hydrogen-bond donors (Lipinski definition) is 3. The summed E-state index contributed by atoms with van der Waals surface area (Å²) in [6.07, 6.45) is 0.550. The summed E-state index contributed by atoms with van der Waals surface area (Å²) in [5.41, 5.74) is 0.736. The van der Waals surface area contributed by atoms with Crippen LogP contribution < -0.4 is 14.6 Å². The average Bonchev–Trinajstić information content (AvgIpc) is 2.72. The van der Waals surface area contributed by atoms with Crippen molar-refractivity contribution in [2.75, 3.05) is 20.3 Å². The van der Waals surface area contributed by atoms with Crippen LogP contribution in [0.15, 0.2) is 64.0 Å². The highest BCUT2D eigenvalue weighted by atomic mass is 32.2. The van der Waals surface area contributed by atoms with Crippen LogP contribution in [0.3, 0.4) is 0 Å². The standard InChI is InChI=1S/C19H21N3O5S/c1-26-15-4-7-17-18(10-15)21-9-8-19(17)27-14-2-5-16(6-3-14)28(20,25)22-11-13(24)12-23/h2-10,13,23-24H,11-12H2,1H3,(H2,20,22,25)/t13-,28?/m0/s1. The van der Waals surface area contributed by atoms with Crippen molar-refractivity contribution in [3.8, 4) is 17.2 Å². The number of nitrogens with zero attached hydrogens (tertiary/aromatic N) is 2. The van der Waals surface area contributed by atoms with E-state index in [0.717, 1.165) is 10.9 Å². The maximum absolute atomic E-state index is 12.5. The van der Waals surface area contributed by atoms with Gasteiger partial charge in [0.25, 0.3) is 0 Å². The Labute approximate surface area is 162 Å². The number of fused-ring (bicyclic) bond motifs is 1. The van der Waals surface area contributed by atoms with Crippen molar-refractivity contribution in [2.45, 2.75) is 11.0 Å². The molecule has 0 bridgehead atoms. The maximum Gasteiger partial charge on any atom is 0.138 e. The summed E-state index contributed by atoms with van der Waals surface area (Å²) in [7, 11) is -1.58. The van der Waals surface area contributed by atoms with E-state index in [9.17, 15) is 9.32 Å². The highest BCUT2D eigenvalue weighted by Crippen LogP contribution is 2.31. The Morgan fingerprint density at radius 2 is 1.89 bits per heavy atom. The van der Waals surface area contributed by atoms with Crippen LogP contribution in [0.25, 0.3) is 10.9 Å². The van der Waals surface area contributed by atoms with E-state index in [1.807, 2.05) is 18.2 Å². The molecule has 9 heteroatoms. The fourth-order valence-electron chi connectivity index (χ4n) is 2.48. The van der Waals surface area contributed by atoms with Crippen LogP contribution >= 0.6 is 0 Å². The van der Waals surface area contributed by atoms with Gasteiger partial charge in [0.15, 0.2) is 0 Å². The average molecular weight is 403 g/mol. The number of aliphatic hydroxyl groups excluding tert-OH is 2. The highest BCUT2D eigenvalue weighted by molar-refractivity contribution is 7.91. The summed E-state index contributed by atoms with van der Waals surface area (Å²) in [6, 6.07) is 13.6. The SMILES string of the molecule is COc1ccc2c(Oc3ccc(S(N)(=O)=NC[C@H](O)CO)cc3)ccnc2c1. The molecule has 0 aliphatic heterocycles. The zero-order chi connectivity index (χ0) is 20.1. The summed E-state index contributed by atoms with van der Waals surface area (Å²) in [6.45, 7) is -0.686. The molecule has 0 spiro atoms. The number of aliphatic hydroxyl groups is 2. The van der Waals surface area contributed by atoms with Gasteiger partial charge in [0, 0.05) is 17.6 Å². The van der Waals surface area contributed by atoms with E-state index in [0.29, 0.717) is 22.1 Å². The molecule has 1 heterocycles. The molecule has 1 aromatic heterocycles. The molecule has 2 aromatic carbocycles. The van der Waals surface area contributed by atoms with Gasteiger partial charge in [-0.1, -0.05) is 0 Å². The summed E-state index contributed by atoms with van der Waals surface area (Å²) < 4.78 is 27.4. The molecule has 0 saturated heterocycles. The van der Waals surface area contributed by atoms with Crippen LogP contribution in [-0.2, 0) is 9.92 Å². The van der Waals surface area contributed by atoms with E-state index in [2.05, 4.69) is 9.35 Å². The lowest BCUT2D eigenvalue weighted by molar-refractivity contribution is 0.102. The number of aromatic nitrogens is 1. The number of ether oxygens (including phenoxy) is 2. The Morgan fingerprint density at radius 3 is 2.57 bits per heavy atom. The second kappa shape index (κ2) is 8.53. The Hall–Kier alpha value is -2.72. The van der Waals surface area contributed by atoms with Crippen LogP contribution in [0.5, 0.6) is 17.2 Å². The van der Waals surface area contributed by atoms with E-state index >= 15 is 0 Å². The van der Waals surface area contributed by atoms with Crippen molar-refractivity contribution in [3.05, 3.63) is 54.7 Å². The van der Waals surface area contributed by atoms with Gasteiger partial charge in [-0.15, -0.1) is 0 Å². The fraction of sp³-hybridized carbons (Fsp3) is 0.211. The number of benzene rings is 2. The van der Waals surface area contributed by atoms with Crippen molar-refractivity contribution in [2.24, 2.45) is 9.50 Å². The first kappa shape index (κ1) is 20.0. The van der Waals surface area contributed by atoms with Crippen LogP contribution in [0, 0.1) is 0 Å². The zero-order valence-corrected chi connectivity index (χ0v) is 16.0. The molecule has 0 amide bonds. The number of methoxy groups -OCH3 is 1. The Kier molecular flexibility index (Phi) is 6.10. The number of nitrogens with two attached hydrogens (primary N) is 1. The molecule has 2 atom stereocenters. The molecule has 0 fully saturated rings. The van der Waals surface area contributed by atoms with Crippen LogP contribution in [0.1, 0.15) is 0 Å². The zero-order valence-electron chi connectivity index (χ0n) is 15.2. The van der Waals surface area contributed by atoms with Gasteiger partial charge in [0.05, 0.1) is 36.8 Å². The van der Waals surface area contributed by atoms with Gasteiger partial charge in [-0.3, -0.25) is 4.98 Å². The van der Waals surface area contributed by atoms with Crippen LogP contribution in [-0.4, -0.2) is 45.8 Å². The van der Waals surface area contributed by atoms with Gasteiger partial charge in [-0.05, 0) is 42.5 Å². The Bertz CT molecular complexity index is 1080. The molecule has 8 nitrogen and oxygen atoms in total. The summed E-state index contributed by atoms with van der Waals surface area (Å²) in [5, 5.41) is 24.7. The second-order valence-electron chi connectivity index (χ2n) is 5.98. The topological polar surface area (TPSA) is 127 Å². The van der Waals surface area contributed by atoms with E-state index in [1.165, 1.54) is 0 Å². The Morgan fingerprint density at radius 1 is 1.18 bits per heavy atom. The lowest BCUT2D eigenvalue weighted by Crippen LogP contribution is -2.20. The first-order chi connectivity index (χ1) is 13.4. The fourth-order valence-corrected chi connectivity index (χ4v) is 3.54. The lowest BCUT2D eigenvalue weighted by atomic mass is 10.2. The molecule has 148 valence electrons. The molecule has 0 aliphatic rings. The van der Waals surface area contributed by atoms with Gasteiger partial charge < -0.3 is 19.7 Å². The Balaban J connectivity index is 1.83. The van der Waals surface area contributed by atoms with E-state index in [-0.39, 0.29) is 6.54 Å². The molecule has 4 N–H and O–H groups in total. The van der Waals surface area contributed by atoms with Gasteiger partial charge in [-0.2, -0.15) is 0 Å². The van der Waals surface area contributed by atoms with Crippen LogP contribution in [0.2, 0.25) is 0 Å². The van der Waals surface area contributed by atoms with E-state index < -0.39 is 22.6 Å². The molecule has 0 saturated carbocycles. The third-order valence-electron chi connectivity index (χ3n) is 3.99. The normalized spacial score (nSPS) is 14.3. The molecule has 0 radical (unpaired) electrons. The molecular formula is C19H21N3O5S. The van der Waals surface area contributed by atoms with E-state index in [1.54, 1.807) is 43.6 Å². The summed E-state index contributed by atoms with van der Waals surface area (Å²) in [5.74, 6) is 1.84. The van der Waals surface area contributed by atoms with Crippen molar-refractivity contribution in [1.29, 1.82) is 0 Å². The molecule has 3 aromatic rings. The smallest absolute Gasteiger partial charge is 0.138 e. The molecule has 1 unspecified atom stereocenters. The molecular weight excluding hydrogens is 382 g/mol. The molecule has 0 aliphatic carbocycles. The van der Waals surface area contributed by atoms with Crippen molar-refractivity contribution >= 4 is 20.8 Å². The number of pyridine rings is 1. The van der Waals surface area contributed by atoms with Crippen molar-refractivity contribution < 1.29 is 23.9 Å². The van der Waals surface area contributed by atoms with Gasteiger partial charge >= 0.3 is 0 Å². The first-order valence-electron chi connectivity index (χ1n) is 8.43. The monoisotopic (exact) mass is 403 g/mol. The highest BCUT2D eigenvalue weighted by Gasteiger charge is 2.10. The van der Waals surface area contributed by atoms with Crippen molar-refractivity contribution in [1.82, 2.24) is 4.98 Å². The van der Waals surface area contributed by atoms with Gasteiger partial charge in [0.2, 0.25) is 0 Å². The predicted molar refractivity (Wildman–Crippen MR) is 106 cm³/mol. The van der Waals surface area contributed by atoms with Crippen molar-refractivity contribution in [3.63, 3.8) is 0 Å². The second-order valence-corrected chi connectivity index (χ2v) is 7.85. The van der Waals surface area contributed by atoms with Gasteiger partial charge in [0.1, 0.15) is 27.2 Å². The molecule has 28 heavy (non-hydrogen) atoms. The summed E-state index contributed by atoms with van der Waals surface area (Å²) in [4.78, 5) is 4.62. The summed E-state index contributed by atoms with van der Waals surface area (Å²) >= 11 is 0. The van der Waals surface area contributed by atoms with E-state index in [4.69, 9.17) is 19.7 Å². The predicted octanol–water partition coefficient (Wildman–Crippen LogP) is 2.09. The third kappa shape index (κ3) is 4.57. The third-order valence-corrected chi connectivity index (χ3v) is 5.47. The maximum atomic E-state index is 12.5. The molecule has 3 rings (SSSR count). The minimum Gasteiger partial charge on any atom is -0.497 e. The number of hydrogen-bond acceptors (Lipinski definition) is 7.